The molecule has 5 rings (SSSR count). The third-order valence-corrected chi connectivity index (χ3v) is 6.71. The van der Waals surface area contributed by atoms with Crippen molar-refractivity contribution in [2.75, 3.05) is 17.7 Å². The molecule has 0 fully saturated rings. The summed E-state index contributed by atoms with van der Waals surface area (Å²) >= 11 is 0. The Labute approximate surface area is 226 Å². The molecule has 0 aliphatic carbocycles. The number of nitrogens with two attached hydrogens (primary N) is 1. The van der Waals surface area contributed by atoms with E-state index < -0.39 is 11.9 Å². The van der Waals surface area contributed by atoms with Gasteiger partial charge in [0.25, 0.3) is 0 Å². The first-order valence-electron chi connectivity index (χ1n) is 12.9. The molecule has 2 heterocycles. The first-order chi connectivity index (χ1) is 18.9. The zero-order valence-electron chi connectivity index (χ0n) is 22.1. The van der Waals surface area contributed by atoms with Crippen LogP contribution in [-0.4, -0.2) is 27.3 Å². The van der Waals surface area contributed by atoms with Gasteiger partial charge in [0.1, 0.15) is 17.7 Å². The highest BCUT2D eigenvalue weighted by atomic mass is 19.1. The molecule has 1 atom stereocenters. The SMILES string of the molecule is CCOc1cc(CC)cc(C(Nc2ccc3c(N)nccc3c2)c2nc(-c3ccccc3C(C)=O)c[nH]2)c1F. The lowest BCUT2D eigenvalue weighted by Crippen LogP contribution is -2.17. The summed E-state index contributed by atoms with van der Waals surface area (Å²) in [5.74, 6) is 0.621. The Kier molecular flexibility index (Phi) is 7.27. The van der Waals surface area contributed by atoms with E-state index in [2.05, 4.69) is 15.3 Å². The number of aryl methyl sites for hydroxylation is 1. The quantitative estimate of drug-likeness (QED) is 0.185. The van der Waals surface area contributed by atoms with Crippen LogP contribution in [0.4, 0.5) is 15.9 Å². The topological polar surface area (TPSA) is 106 Å². The first kappa shape index (κ1) is 25.9. The van der Waals surface area contributed by atoms with Crippen molar-refractivity contribution in [3.8, 4) is 17.0 Å². The van der Waals surface area contributed by atoms with E-state index in [1.807, 2.05) is 62.4 Å². The second-order valence-electron chi connectivity index (χ2n) is 9.27. The lowest BCUT2D eigenvalue weighted by atomic mass is 9.99. The number of nitrogen functional groups attached to an aromatic ring is 1. The van der Waals surface area contributed by atoms with E-state index in [1.54, 1.807) is 24.5 Å². The maximum Gasteiger partial charge on any atom is 0.170 e. The van der Waals surface area contributed by atoms with Crippen molar-refractivity contribution in [1.29, 1.82) is 0 Å². The number of benzene rings is 3. The van der Waals surface area contributed by atoms with Gasteiger partial charge in [-0.05, 0) is 61.5 Å². The molecule has 2 aromatic heterocycles. The number of halogens is 1. The van der Waals surface area contributed by atoms with Gasteiger partial charge in [-0.1, -0.05) is 37.3 Å². The fourth-order valence-corrected chi connectivity index (χ4v) is 4.74. The summed E-state index contributed by atoms with van der Waals surface area (Å²) in [7, 11) is 0. The van der Waals surface area contributed by atoms with E-state index in [0.717, 1.165) is 22.0 Å². The van der Waals surface area contributed by atoms with Crippen molar-refractivity contribution >= 4 is 28.1 Å². The Hall–Kier alpha value is -4.72. The van der Waals surface area contributed by atoms with Crippen LogP contribution in [0.3, 0.4) is 0 Å². The molecular weight excluding hydrogens is 493 g/mol. The van der Waals surface area contributed by atoms with Crippen LogP contribution < -0.4 is 15.8 Å². The zero-order valence-corrected chi connectivity index (χ0v) is 22.1. The van der Waals surface area contributed by atoms with Gasteiger partial charge in [-0.3, -0.25) is 4.79 Å². The average molecular weight is 524 g/mol. The zero-order chi connectivity index (χ0) is 27.5. The largest absolute Gasteiger partial charge is 0.491 e. The number of nitrogens with one attached hydrogen (secondary N) is 2. The van der Waals surface area contributed by atoms with Crippen LogP contribution in [0.5, 0.6) is 5.75 Å². The van der Waals surface area contributed by atoms with Crippen LogP contribution in [0.15, 0.2) is 73.1 Å². The average Bonchev–Trinajstić information content (AvgIpc) is 3.43. The summed E-state index contributed by atoms with van der Waals surface area (Å²) in [5.41, 5.74) is 10.00. The van der Waals surface area contributed by atoms with Gasteiger partial charge in [-0.25, -0.2) is 14.4 Å². The molecule has 3 aromatic carbocycles. The monoisotopic (exact) mass is 523 g/mol. The third kappa shape index (κ3) is 5.18. The molecule has 1 unspecified atom stereocenters. The second-order valence-corrected chi connectivity index (χ2v) is 9.27. The minimum atomic E-state index is -0.689. The Bertz CT molecular complexity index is 1660. The van der Waals surface area contributed by atoms with E-state index in [1.165, 1.54) is 6.92 Å². The lowest BCUT2D eigenvalue weighted by Gasteiger charge is -2.22. The molecule has 5 aromatic rings. The molecule has 8 heteroatoms. The lowest BCUT2D eigenvalue weighted by molar-refractivity contribution is 0.101. The highest BCUT2D eigenvalue weighted by Crippen LogP contribution is 2.35. The Morgan fingerprint density at radius 2 is 1.95 bits per heavy atom. The molecule has 0 saturated carbocycles. The normalized spacial score (nSPS) is 11.9. The molecule has 39 heavy (non-hydrogen) atoms. The van der Waals surface area contributed by atoms with Crippen molar-refractivity contribution in [2.45, 2.75) is 33.2 Å². The predicted molar refractivity (Wildman–Crippen MR) is 153 cm³/mol. The number of hydrogen-bond donors (Lipinski definition) is 3. The fourth-order valence-electron chi connectivity index (χ4n) is 4.74. The number of carbonyl (C=O) groups excluding carboxylic acids is 1. The molecule has 0 saturated heterocycles. The van der Waals surface area contributed by atoms with Crippen LogP contribution in [0, 0.1) is 5.82 Å². The number of ketones is 1. The molecule has 198 valence electrons. The molecule has 0 bridgehead atoms. The summed E-state index contributed by atoms with van der Waals surface area (Å²) in [6.07, 6.45) is 4.10. The predicted octanol–water partition coefficient (Wildman–Crippen LogP) is 6.71. The van der Waals surface area contributed by atoms with E-state index in [0.29, 0.717) is 47.1 Å². The van der Waals surface area contributed by atoms with E-state index >= 15 is 4.39 Å². The van der Waals surface area contributed by atoms with Gasteiger partial charge in [-0.15, -0.1) is 0 Å². The van der Waals surface area contributed by atoms with Gasteiger partial charge in [0.05, 0.1) is 12.3 Å². The third-order valence-electron chi connectivity index (χ3n) is 6.71. The highest BCUT2D eigenvalue weighted by molar-refractivity contribution is 6.00. The molecule has 0 radical (unpaired) electrons. The molecule has 0 amide bonds. The van der Waals surface area contributed by atoms with E-state index in [4.69, 9.17) is 15.5 Å². The molecule has 7 nitrogen and oxygen atoms in total. The number of Topliss-reactive ketones (excluding diaryl/α,β-unsaturated/α-hetero) is 1. The van der Waals surface area contributed by atoms with Crippen LogP contribution in [0.1, 0.15) is 54.1 Å². The number of carbonyl (C=O) groups is 1. The first-order valence-corrected chi connectivity index (χ1v) is 12.9. The van der Waals surface area contributed by atoms with Crippen molar-refractivity contribution in [1.82, 2.24) is 15.0 Å². The number of pyridine rings is 1. The smallest absolute Gasteiger partial charge is 0.170 e. The van der Waals surface area contributed by atoms with Gasteiger partial charge in [0.2, 0.25) is 0 Å². The summed E-state index contributed by atoms with van der Waals surface area (Å²) in [6.45, 7) is 5.71. The maximum absolute atomic E-state index is 15.9. The number of imidazole rings is 1. The van der Waals surface area contributed by atoms with Crippen molar-refractivity contribution < 1.29 is 13.9 Å². The second kappa shape index (κ2) is 10.9. The standard InChI is InChI=1S/C31H30FN5O2/c1-4-19-14-25(28(32)27(15-19)39-5-2)29(36-21-10-11-23-20(16-21)12-13-34-30(23)33)31-35-17-26(37-31)24-9-7-6-8-22(24)18(3)38/h6-17,29,36H,4-5H2,1-3H3,(H2,33,34)(H,35,37). The van der Waals surface area contributed by atoms with Gasteiger partial charge in [0, 0.05) is 40.2 Å². The number of rotatable bonds is 9. The maximum atomic E-state index is 15.9. The molecular formula is C31H30FN5O2. The molecule has 0 aliphatic rings. The Morgan fingerprint density at radius 3 is 2.72 bits per heavy atom. The number of aromatic nitrogens is 3. The van der Waals surface area contributed by atoms with Crippen molar-refractivity contribution in [3.63, 3.8) is 0 Å². The van der Waals surface area contributed by atoms with Crippen molar-refractivity contribution in [3.05, 3.63) is 101 Å². The van der Waals surface area contributed by atoms with Crippen LogP contribution in [-0.2, 0) is 6.42 Å². The van der Waals surface area contributed by atoms with Gasteiger partial charge < -0.3 is 20.8 Å². The highest BCUT2D eigenvalue weighted by Gasteiger charge is 2.25. The molecule has 0 spiro atoms. The number of H-pyrrole nitrogens is 1. The van der Waals surface area contributed by atoms with E-state index in [-0.39, 0.29) is 11.5 Å². The van der Waals surface area contributed by atoms with Gasteiger partial charge >= 0.3 is 0 Å². The van der Waals surface area contributed by atoms with E-state index in [9.17, 15) is 4.79 Å². The fraction of sp³-hybridized carbons (Fsp3) is 0.194. The summed E-state index contributed by atoms with van der Waals surface area (Å²) in [6, 6.07) is 17.8. The molecule has 0 aliphatic heterocycles. The van der Waals surface area contributed by atoms with Crippen LogP contribution in [0.2, 0.25) is 0 Å². The number of hydrogen-bond acceptors (Lipinski definition) is 6. The Morgan fingerprint density at radius 1 is 1.13 bits per heavy atom. The number of anilines is 2. The summed E-state index contributed by atoms with van der Waals surface area (Å²) < 4.78 is 21.6. The number of fused-ring (bicyclic) bond motifs is 1. The van der Waals surface area contributed by atoms with Crippen molar-refractivity contribution in [2.24, 2.45) is 0 Å². The van der Waals surface area contributed by atoms with Gasteiger partial charge in [0.15, 0.2) is 17.3 Å². The number of ether oxygens (including phenoxy) is 1. The number of aromatic amines is 1. The van der Waals surface area contributed by atoms with Gasteiger partial charge in [-0.2, -0.15) is 0 Å². The minimum absolute atomic E-state index is 0.0576. The molecule has 4 N–H and O–H groups in total. The number of nitrogens with zero attached hydrogens (tertiary/aromatic N) is 2. The van der Waals surface area contributed by atoms with Crippen LogP contribution >= 0.6 is 0 Å². The van der Waals surface area contributed by atoms with Crippen LogP contribution in [0.25, 0.3) is 22.0 Å². The minimum Gasteiger partial charge on any atom is -0.491 e. The Balaban J connectivity index is 1.64. The summed E-state index contributed by atoms with van der Waals surface area (Å²) in [5, 5.41) is 5.20. The summed E-state index contributed by atoms with van der Waals surface area (Å²) in [4.78, 5) is 24.5.